The van der Waals surface area contributed by atoms with E-state index in [0.29, 0.717) is 18.0 Å². The molecule has 1 heterocycles. The van der Waals surface area contributed by atoms with Crippen molar-refractivity contribution in [3.63, 3.8) is 0 Å². The first-order valence-electron chi connectivity index (χ1n) is 13.3. The fraction of sp³-hybridized carbons (Fsp3) is 0.438. The number of allylic oxidation sites excluding steroid dienone is 2. The number of aromatic carboxylic acids is 1. The van der Waals surface area contributed by atoms with Crippen molar-refractivity contribution in [2.75, 3.05) is 13.1 Å². The molecule has 1 aliphatic heterocycles. The molecule has 5 rings (SSSR count). The summed E-state index contributed by atoms with van der Waals surface area (Å²) in [6, 6.07) is 17.7. The summed E-state index contributed by atoms with van der Waals surface area (Å²) in [5.41, 5.74) is 4.44. The second-order valence-electron chi connectivity index (χ2n) is 11.7. The number of nitrogens with zero attached hydrogens (tertiary/aromatic N) is 1. The number of rotatable bonds is 4. The maximum absolute atomic E-state index is 14.3. The van der Waals surface area contributed by atoms with E-state index >= 15 is 0 Å². The van der Waals surface area contributed by atoms with Gasteiger partial charge in [0, 0.05) is 23.9 Å². The van der Waals surface area contributed by atoms with Crippen LogP contribution < -0.4 is 0 Å². The zero-order valence-electron chi connectivity index (χ0n) is 21.7. The van der Waals surface area contributed by atoms with Gasteiger partial charge in [0.05, 0.1) is 11.0 Å². The molecule has 0 aromatic heterocycles. The lowest BCUT2D eigenvalue weighted by Crippen LogP contribution is -2.54. The Balaban J connectivity index is 1.44. The van der Waals surface area contributed by atoms with Crippen molar-refractivity contribution in [3.05, 3.63) is 89.0 Å². The molecule has 1 fully saturated rings. The van der Waals surface area contributed by atoms with Gasteiger partial charge in [0.25, 0.3) is 0 Å². The molecule has 0 bridgehead atoms. The van der Waals surface area contributed by atoms with Crippen molar-refractivity contribution in [2.24, 2.45) is 10.8 Å². The Labute approximate surface area is 214 Å². The average molecular weight is 484 g/mol. The molecular formula is C32H37NO3. The molecule has 0 spiro atoms. The normalized spacial score (nSPS) is 24.8. The van der Waals surface area contributed by atoms with Gasteiger partial charge in [-0.25, -0.2) is 4.79 Å². The highest BCUT2D eigenvalue weighted by Crippen LogP contribution is 2.55. The highest BCUT2D eigenvalue weighted by atomic mass is 16.4. The molecular weight excluding hydrogens is 446 g/mol. The average Bonchev–Trinajstić information content (AvgIpc) is 2.88. The maximum Gasteiger partial charge on any atom is 0.335 e. The van der Waals surface area contributed by atoms with E-state index in [9.17, 15) is 14.7 Å². The number of carbonyl (C=O) groups excluding carboxylic acids is 1. The van der Waals surface area contributed by atoms with Crippen LogP contribution in [-0.2, 0) is 10.2 Å². The third-order valence-corrected chi connectivity index (χ3v) is 8.98. The van der Waals surface area contributed by atoms with Crippen molar-refractivity contribution < 1.29 is 14.7 Å². The van der Waals surface area contributed by atoms with Gasteiger partial charge >= 0.3 is 5.97 Å². The molecule has 2 aromatic carbocycles. The predicted octanol–water partition coefficient (Wildman–Crippen LogP) is 6.88. The van der Waals surface area contributed by atoms with Crippen LogP contribution in [0.1, 0.15) is 80.8 Å². The van der Waals surface area contributed by atoms with Gasteiger partial charge in [0.2, 0.25) is 5.91 Å². The van der Waals surface area contributed by atoms with Crippen LogP contribution in [-0.4, -0.2) is 35.0 Å². The van der Waals surface area contributed by atoms with Gasteiger partial charge in [-0.3, -0.25) is 4.79 Å². The lowest BCUT2D eigenvalue weighted by Gasteiger charge is -2.52. The molecule has 3 aliphatic rings. The van der Waals surface area contributed by atoms with Crippen LogP contribution in [0.5, 0.6) is 0 Å². The van der Waals surface area contributed by atoms with Crippen LogP contribution in [0.4, 0.5) is 0 Å². The fourth-order valence-corrected chi connectivity index (χ4v) is 7.20. The van der Waals surface area contributed by atoms with E-state index in [1.165, 1.54) is 23.1 Å². The summed E-state index contributed by atoms with van der Waals surface area (Å²) < 4.78 is 0. The highest BCUT2D eigenvalue weighted by Gasteiger charge is 2.49. The largest absolute Gasteiger partial charge is 0.478 e. The molecule has 1 amide bonds. The summed E-state index contributed by atoms with van der Waals surface area (Å²) in [6.07, 6.45) is 10.8. The Kier molecular flexibility index (Phi) is 6.18. The molecule has 188 valence electrons. The Morgan fingerprint density at radius 3 is 2.17 bits per heavy atom. The molecule has 4 nitrogen and oxygen atoms in total. The monoisotopic (exact) mass is 483 g/mol. The second kappa shape index (κ2) is 9.06. The molecule has 0 unspecified atom stereocenters. The number of hydrogen-bond donors (Lipinski definition) is 1. The Bertz CT molecular complexity index is 1220. The standard InChI is InChI=1S/C32H37NO3/c1-30(2)26(23-12-14-24(15-13-23)28(34)35)16-20-31(3)22-33(21-17-27(30)31)29(36)32(18-8-5-9-19-32)25-10-6-4-7-11-25/h4,6-7,10-17H,5,8-9,18-22H2,1-3H3,(H,34,35)/t31-/m1/s1. The third-order valence-electron chi connectivity index (χ3n) is 8.98. The summed E-state index contributed by atoms with van der Waals surface area (Å²) in [4.78, 5) is 27.7. The quantitative estimate of drug-likeness (QED) is 0.483. The molecule has 0 saturated heterocycles. The van der Waals surface area contributed by atoms with Crippen LogP contribution in [0.25, 0.3) is 5.57 Å². The fourth-order valence-electron chi connectivity index (χ4n) is 7.20. The van der Waals surface area contributed by atoms with Gasteiger partial charge < -0.3 is 10.0 Å². The van der Waals surface area contributed by atoms with Crippen molar-refractivity contribution >= 4 is 17.4 Å². The van der Waals surface area contributed by atoms with E-state index in [1.54, 1.807) is 12.1 Å². The molecule has 2 aliphatic carbocycles. The Hall–Kier alpha value is -3.14. The van der Waals surface area contributed by atoms with Gasteiger partial charge in [-0.1, -0.05) is 100 Å². The van der Waals surface area contributed by atoms with Gasteiger partial charge in [-0.05, 0) is 48.1 Å². The topological polar surface area (TPSA) is 57.6 Å². The Morgan fingerprint density at radius 2 is 1.53 bits per heavy atom. The molecule has 1 saturated carbocycles. The first kappa shape index (κ1) is 24.5. The number of carboxylic acids is 1. The lowest BCUT2D eigenvalue weighted by atomic mass is 9.58. The smallest absolute Gasteiger partial charge is 0.335 e. The highest BCUT2D eigenvalue weighted by molar-refractivity contribution is 5.90. The number of amides is 1. The van der Waals surface area contributed by atoms with Crippen LogP contribution in [0.15, 0.2) is 72.3 Å². The lowest BCUT2D eigenvalue weighted by molar-refractivity contribution is -0.140. The van der Waals surface area contributed by atoms with Crippen LogP contribution >= 0.6 is 0 Å². The van der Waals surface area contributed by atoms with Gasteiger partial charge in [-0.2, -0.15) is 0 Å². The van der Waals surface area contributed by atoms with E-state index in [0.717, 1.165) is 44.2 Å². The number of carbonyl (C=O) groups is 2. The minimum absolute atomic E-state index is 0.117. The zero-order valence-corrected chi connectivity index (χ0v) is 21.7. The molecule has 2 aromatic rings. The molecule has 0 radical (unpaired) electrons. The van der Waals surface area contributed by atoms with Gasteiger partial charge in [-0.15, -0.1) is 0 Å². The van der Waals surface area contributed by atoms with Crippen LogP contribution in [0.3, 0.4) is 0 Å². The van der Waals surface area contributed by atoms with Crippen molar-refractivity contribution in [2.45, 2.75) is 64.7 Å². The van der Waals surface area contributed by atoms with E-state index in [-0.39, 0.29) is 10.8 Å². The van der Waals surface area contributed by atoms with E-state index < -0.39 is 11.4 Å². The van der Waals surface area contributed by atoms with Crippen LogP contribution in [0.2, 0.25) is 0 Å². The second-order valence-corrected chi connectivity index (χ2v) is 11.7. The zero-order chi connectivity index (χ0) is 25.6. The molecule has 4 heteroatoms. The SMILES string of the molecule is CC1(C)C(c2ccc(C(=O)O)cc2)=CC[C@]2(C)CN(C(=O)C3(c4ccccc4)CCCCC3)CC=C12. The maximum atomic E-state index is 14.3. The first-order valence-corrected chi connectivity index (χ1v) is 13.3. The molecule has 1 N–H and O–H groups in total. The predicted molar refractivity (Wildman–Crippen MR) is 144 cm³/mol. The number of fused-ring (bicyclic) bond motifs is 1. The van der Waals surface area contributed by atoms with Gasteiger partial charge in [0.15, 0.2) is 0 Å². The summed E-state index contributed by atoms with van der Waals surface area (Å²) in [7, 11) is 0. The number of carboxylic acid groups (broad SMARTS) is 1. The van der Waals surface area contributed by atoms with Crippen LogP contribution in [0, 0.1) is 10.8 Å². The Morgan fingerprint density at radius 1 is 0.861 bits per heavy atom. The van der Waals surface area contributed by atoms with E-state index in [1.807, 2.05) is 18.2 Å². The van der Waals surface area contributed by atoms with E-state index in [4.69, 9.17) is 0 Å². The molecule has 36 heavy (non-hydrogen) atoms. The summed E-state index contributed by atoms with van der Waals surface area (Å²) in [5.74, 6) is -0.612. The number of benzene rings is 2. The first-order chi connectivity index (χ1) is 17.2. The summed E-state index contributed by atoms with van der Waals surface area (Å²) in [6.45, 7) is 8.20. The van der Waals surface area contributed by atoms with E-state index in [2.05, 4.69) is 62.1 Å². The summed E-state index contributed by atoms with van der Waals surface area (Å²) in [5, 5.41) is 9.28. The van der Waals surface area contributed by atoms with Crippen molar-refractivity contribution in [3.8, 4) is 0 Å². The van der Waals surface area contributed by atoms with Crippen molar-refractivity contribution in [1.29, 1.82) is 0 Å². The summed E-state index contributed by atoms with van der Waals surface area (Å²) >= 11 is 0. The number of hydrogen-bond acceptors (Lipinski definition) is 2. The minimum Gasteiger partial charge on any atom is -0.478 e. The third kappa shape index (κ3) is 4.01. The molecule has 1 atom stereocenters. The minimum atomic E-state index is -0.906. The van der Waals surface area contributed by atoms with Gasteiger partial charge in [0.1, 0.15) is 0 Å². The van der Waals surface area contributed by atoms with Crippen molar-refractivity contribution in [1.82, 2.24) is 4.90 Å².